The Bertz CT molecular complexity index is 866. The lowest BCUT2D eigenvalue weighted by Gasteiger charge is -2.31. The molecule has 0 aliphatic heterocycles. The Morgan fingerprint density at radius 3 is 2.86 bits per heavy atom. The van der Waals surface area contributed by atoms with Crippen LogP contribution in [0.4, 0.5) is 0 Å². The van der Waals surface area contributed by atoms with Crippen LogP contribution in [0.25, 0.3) is 16.8 Å². The fourth-order valence-electron chi connectivity index (χ4n) is 2.91. The van der Waals surface area contributed by atoms with Crippen molar-refractivity contribution in [3.05, 3.63) is 29.2 Å². The number of fused-ring (bicyclic) bond motifs is 1. The molecule has 3 heterocycles. The average molecular weight is 320 g/mol. The SMILES string of the molecule is Cc1c(-c2cc(O)c3c(Cl)cnn3c2)nnn1C1CC(O)C1. The van der Waals surface area contributed by atoms with Crippen LogP contribution in [0.3, 0.4) is 0 Å². The van der Waals surface area contributed by atoms with E-state index in [1.54, 1.807) is 12.3 Å². The van der Waals surface area contributed by atoms with Gasteiger partial charge >= 0.3 is 0 Å². The second kappa shape index (κ2) is 4.69. The van der Waals surface area contributed by atoms with E-state index < -0.39 is 0 Å². The largest absolute Gasteiger partial charge is 0.506 e. The first kappa shape index (κ1) is 13.5. The summed E-state index contributed by atoms with van der Waals surface area (Å²) in [7, 11) is 0. The van der Waals surface area contributed by atoms with Gasteiger partial charge in [0.25, 0.3) is 0 Å². The molecule has 8 heteroatoms. The van der Waals surface area contributed by atoms with Gasteiger partial charge < -0.3 is 10.2 Å². The fourth-order valence-corrected chi connectivity index (χ4v) is 3.13. The second-order valence-electron chi connectivity index (χ2n) is 5.65. The summed E-state index contributed by atoms with van der Waals surface area (Å²) >= 11 is 5.99. The van der Waals surface area contributed by atoms with Gasteiger partial charge in [-0.25, -0.2) is 9.20 Å². The summed E-state index contributed by atoms with van der Waals surface area (Å²) in [5, 5.41) is 32.5. The molecule has 1 saturated carbocycles. The van der Waals surface area contributed by atoms with E-state index in [1.165, 1.54) is 10.7 Å². The van der Waals surface area contributed by atoms with E-state index in [0.29, 0.717) is 34.6 Å². The Morgan fingerprint density at radius 2 is 2.14 bits per heavy atom. The Labute approximate surface area is 130 Å². The Hall–Kier alpha value is -2.12. The molecule has 7 nitrogen and oxygen atoms in total. The third-order valence-corrected chi connectivity index (χ3v) is 4.46. The molecular weight excluding hydrogens is 306 g/mol. The first-order valence-electron chi connectivity index (χ1n) is 7.00. The van der Waals surface area contributed by atoms with E-state index in [1.807, 2.05) is 11.6 Å². The van der Waals surface area contributed by atoms with Crippen LogP contribution >= 0.6 is 11.6 Å². The lowest BCUT2D eigenvalue weighted by atomic mass is 9.89. The summed E-state index contributed by atoms with van der Waals surface area (Å²) in [6.45, 7) is 1.93. The quantitative estimate of drug-likeness (QED) is 0.753. The van der Waals surface area contributed by atoms with E-state index in [4.69, 9.17) is 11.6 Å². The van der Waals surface area contributed by atoms with Gasteiger partial charge in [-0.1, -0.05) is 16.8 Å². The molecule has 0 amide bonds. The number of halogens is 1. The second-order valence-corrected chi connectivity index (χ2v) is 6.05. The maximum absolute atomic E-state index is 10.1. The molecule has 0 bridgehead atoms. The third-order valence-electron chi connectivity index (χ3n) is 4.18. The van der Waals surface area contributed by atoms with Crippen LogP contribution in [0.2, 0.25) is 5.02 Å². The molecule has 0 atom stereocenters. The molecule has 3 aromatic rings. The predicted octanol–water partition coefficient (Wildman–Crippen LogP) is 1.96. The van der Waals surface area contributed by atoms with Crippen LogP contribution in [-0.4, -0.2) is 40.9 Å². The zero-order chi connectivity index (χ0) is 15.4. The topological polar surface area (TPSA) is 88.5 Å². The van der Waals surface area contributed by atoms with Crippen molar-refractivity contribution >= 4 is 17.1 Å². The van der Waals surface area contributed by atoms with E-state index in [0.717, 1.165) is 5.69 Å². The standard InChI is InChI=1S/C14H14ClN5O2/c1-7-13(17-18-20(7)9-3-10(21)4-9)8-2-12(22)14-11(15)5-16-19(14)6-8/h2,5-6,9-10,21-22H,3-4H2,1H3. The molecule has 3 aromatic heterocycles. The van der Waals surface area contributed by atoms with Gasteiger partial charge in [-0.2, -0.15) is 5.10 Å². The van der Waals surface area contributed by atoms with Crippen LogP contribution in [0.15, 0.2) is 18.5 Å². The number of pyridine rings is 1. The molecule has 0 radical (unpaired) electrons. The van der Waals surface area contributed by atoms with Crippen molar-refractivity contribution in [2.24, 2.45) is 0 Å². The molecule has 1 aliphatic carbocycles. The average Bonchev–Trinajstić information content (AvgIpc) is 2.99. The lowest BCUT2D eigenvalue weighted by molar-refractivity contribution is 0.0418. The van der Waals surface area contributed by atoms with Crippen LogP contribution < -0.4 is 0 Å². The van der Waals surface area contributed by atoms with Crippen molar-refractivity contribution < 1.29 is 10.2 Å². The molecule has 114 valence electrons. The highest BCUT2D eigenvalue weighted by Gasteiger charge is 2.31. The molecule has 1 fully saturated rings. The number of rotatable bonds is 2. The highest BCUT2D eigenvalue weighted by Crippen LogP contribution is 2.35. The van der Waals surface area contributed by atoms with Crippen molar-refractivity contribution in [2.45, 2.75) is 31.9 Å². The molecule has 0 unspecified atom stereocenters. The summed E-state index contributed by atoms with van der Waals surface area (Å²) in [6, 6.07) is 1.80. The third kappa shape index (κ3) is 1.89. The first-order chi connectivity index (χ1) is 10.5. The highest BCUT2D eigenvalue weighted by molar-refractivity contribution is 6.34. The summed E-state index contributed by atoms with van der Waals surface area (Å²) in [4.78, 5) is 0. The number of nitrogens with zero attached hydrogens (tertiary/aromatic N) is 5. The predicted molar refractivity (Wildman–Crippen MR) is 79.9 cm³/mol. The van der Waals surface area contributed by atoms with Gasteiger partial charge in [-0.05, 0) is 25.8 Å². The van der Waals surface area contributed by atoms with Gasteiger partial charge in [0.05, 0.1) is 29.1 Å². The molecule has 0 spiro atoms. The molecule has 4 rings (SSSR count). The summed E-state index contributed by atoms with van der Waals surface area (Å²) in [5.74, 6) is 0.0491. The van der Waals surface area contributed by atoms with Crippen molar-refractivity contribution in [2.75, 3.05) is 0 Å². The Morgan fingerprint density at radius 1 is 1.36 bits per heavy atom. The number of aromatic nitrogens is 5. The molecule has 0 saturated heterocycles. The first-order valence-corrected chi connectivity index (χ1v) is 7.38. The fraction of sp³-hybridized carbons (Fsp3) is 0.357. The summed E-state index contributed by atoms with van der Waals surface area (Å²) in [5.41, 5.74) is 2.77. The minimum atomic E-state index is -0.247. The van der Waals surface area contributed by atoms with Crippen molar-refractivity contribution in [1.29, 1.82) is 0 Å². The van der Waals surface area contributed by atoms with Gasteiger partial charge in [0.1, 0.15) is 17.0 Å². The summed E-state index contributed by atoms with van der Waals surface area (Å²) in [6.07, 6.45) is 4.40. The van der Waals surface area contributed by atoms with Gasteiger partial charge in [0.15, 0.2) is 0 Å². The van der Waals surface area contributed by atoms with E-state index >= 15 is 0 Å². The molecule has 1 aliphatic rings. The number of hydrogen-bond acceptors (Lipinski definition) is 5. The maximum Gasteiger partial charge on any atom is 0.143 e. The number of hydrogen-bond donors (Lipinski definition) is 2. The van der Waals surface area contributed by atoms with Crippen LogP contribution in [0, 0.1) is 6.92 Å². The van der Waals surface area contributed by atoms with Gasteiger partial charge in [0.2, 0.25) is 0 Å². The smallest absolute Gasteiger partial charge is 0.143 e. The van der Waals surface area contributed by atoms with Crippen molar-refractivity contribution in [1.82, 2.24) is 24.6 Å². The number of aliphatic hydroxyl groups excluding tert-OH is 1. The number of aromatic hydroxyl groups is 1. The van der Waals surface area contributed by atoms with Crippen LogP contribution in [0.5, 0.6) is 5.75 Å². The van der Waals surface area contributed by atoms with Gasteiger partial charge in [-0.3, -0.25) is 0 Å². The van der Waals surface area contributed by atoms with Crippen LogP contribution in [0.1, 0.15) is 24.6 Å². The van der Waals surface area contributed by atoms with Crippen LogP contribution in [-0.2, 0) is 0 Å². The van der Waals surface area contributed by atoms with E-state index in [-0.39, 0.29) is 17.9 Å². The highest BCUT2D eigenvalue weighted by atomic mass is 35.5. The lowest BCUT2D eigenvalue weighted by Crippen LogP contribution is -2.32. The zero-order valence-corrected chi connectivity index (χ0v) is 12.6. The van der Waals surface area contributed by atoms with Gasteiger partial charge in [-0.15, -0.1) is 5.10 Å². The zero-order valence-electron chi connectivity index (χ0n) is 11.8. The number of aliphatic hydroxyl groups is 1. The Balaban J connectivity index is 1.79. The molecule has 22 heavy (non-hydrogen) atoms. The normalized spacial score (nSPS) is 21.2. The molecular formula is C14H14ClN5O2. The minimum absolute atomic E-state index is 0.0491. The summed E-state index contributed by atoms with van der Waals surface area (Å²) < 4.78 is 3.36. The van der Waals surface area contributed by atoms with Gasteiger partial charge in [0, 0.05) is 11.8 Å². The van der Waals surface area contributed by atoms with E-state index in [9.17, 15) is 10.2 Å². The monoisotopic (exact) mass is 319 g/mol. The molecule has 2 N–H and O–H groups in total. The van der Waals surface area contributed by atoms with Crippen molar-refractivity contribution in [3.8, 4) is 17.0 Å². The van der Waals surface area contributed by atoms with E-state index in [2.05, 4.69) is 15.4 Å². The Kier molecular flexibility index (Phi) is 2.88. The minimum Gasteiger partial charge on any atom is -0.506 e. The maximum atomic E-state index is 10.1. The molecule has 0 aromatic carbocycles. The van der Waals surface area contributed by atoms with Crippen molar-refractivity contribution in [3.63, 3.8) is 0 Å².